The Hall–Kier alpha value is -2.19. The highest BCUT2D eigenvalue weighted by Gasteiger charge is 2.33. The van der Waals surface area contributed by atoms with Crippen molar-refractivity contribution in [2.24, 2.45) is 0 Å². The predicted molar refractivity (Wildman–Crippen MR) is 114 cm³/mol. The average molecular weight is 420 g/mol. The lowest BCUT2D eigenvalue weighted by molar-refractivity contribution is -0.908. The molecule has 0 radical (unpaired) electrons. The summed E-state index contributed by atoms with van der Waals surface area (Å²) in [6.45, 7) is 6.55. The molecule has 1 aromatic carbocycles. The van der Waals surface area contributed by atoms with Gasteiger partial charge in [0.15, 0.2) is 15.9 Å². The van der Waals surface area contributed by atoms with Crippen LogP contribution < -0.4 is 9.80 Å². The summed E-state index contributed by atoms with van der Waals surface area (Å²) in [6.07, 6.45) is 0.614. The van der Waals surface area contributed by atoms with Crippen LogP contribution in [0.1, 0.15) is 36.3 Å². The number of rotatable bonds is 6. The number of carbonyl (C=O) groups is 1. The molecular formula is C21H31N4O3S+. The van der Waals surface area contributed by atoms with E-state index in [2.05, 4.69) is 5.10 Å². The standard InChI is InChI=1S/C21H30N4O3S/c1-15-20(16(2)25(22-15)19-11-12-29(27,28)14-19)13-23(4)17(3)21(26)24(5)18-9-7-6-8-10-18/h6-10,17,19H,11-14H2,1-5H3/p+1/t17-,19-/m0/s1. The summed E-state index contributed by atoms with van der Waals surface area (Å²) >= 11 is 0. The second-order valence-electron chi connectivity index (χ2n) is 8.13. The van der Waals surface area contributed by atoms with Crippen molar-refractivity contribution < 1.29 is 18.1 Å². The van der Waals surface area contributed by atoms with Gasteiger partial charge in [0, 0.05) is 18.4 Å². The number of aromatic nitrogens is 2. The van der Waals surface area contributed by atoms with Crippen molar-refractivity contribution in [3.63, 3.8) is 0 Å². The molecule has 1 N–H and O–H groups in total. The molecule has 0 aliphatic carbocycles. The summed E-state index contributed by atoms with van der Waals surface area (Å²) in [5.41, 5.74) is 3.87. The molecule has 1 unspecified atom stereocenters. The van der Waals surface area contributed by atoms with Crippen molar-refractivity contribution in [2.75, 3.05) is 30.5 Å². The van der Waals surface area contributed by atoms with E-state index in [1.165, 1.54) is 0 Å². The van der Waals surface area contributed by atoms with Crippen molar-refractivity contribution in [1.82, 2.24) is 9.78 Å². The van der Waals surface area contributed by atoms with Gasteiger partial charge >= 0.3 is 0 Å². The molecule has 1 saturated heterocycles. The molecule has 0 saturated carbocycles. The molecule has 8 heteroatoms. The fourth-order valence-electron chi connectivity index (χ4n) is 3.99. The highest BCUT2D eigenvalue weighted by molar-refractivity contribution is 7.91. The van der Waals surface area contributed by atoms with E-state index in [9.17, 15) is 13.2 Å². The summed E-state index contributed by atoms with van der Waals surface area (Å²) in [5, 5.41) is 4.64. The highest BCUT2D eigenvalue weighted by Crippen LogP contribution is 2.26. The Morgan fingerprint density at radius 1 is 1.31 bits per heavy atom. The van der Waals surface area contributed by atoms with Crippen LogP contribution in [0.15, 0.2) is 30.3 Å². The first kappa shape index (κ1) is 21.5. The highest BCUT2D eigenvalue weighted by atomic mass is 32.2. The fourth-order valence-corrected chi connectivity index (χ4v) is 5.68. The van der Waals surface area contributed by atoms with E-state index < -0.39 is 9.84 Å². The Balaban J connectivity index is 1.73. The lowest BCUT2D eigenvalue weighted by atomic mass is 10.1. The average Bonchev–Trinajstić information content (AvgIpc) is 3.20. The minimum Gasteiger partial charge on any atom is -0.324 e. The van der Waals surface area contributed by atoms with Gasteiger partial charge in [-0.1, -0.05) is 18.2 Å². The lowest BCUT2D eigenvalue weighted by Gasteiger charge is -2.26. The Morgan fingerprint density at radius 2 is 1.97 bits per heavy atom. The minimum atomic E-state index is -2.96. The summed E-state index contributed by atoms with van der Waals surface area (Å²) in [6, 6.07) is 9.31. The van der Waals surface area contributed by atoms with Gasteiger partial charge in [0.05, 0.1) is 35.9 Å². The number of anilines is 1. The van der Waals surface area contributed by atoms with E-state index in [0.717, 1.165) is 27.5 Å². The van der Waals surface area contributed by atoms with Crippen LogP contribution in [0.2, 0.25) is 0 Å². The molecule has 29 heavy (non-hydrogen) atoms. The molecule has 3 rings (SSSR count). The Labute approximate surface area is 173 Å². The van der Waals surface area contributed by atoms with Gasteiger partial charge in [-0.25, -0.2) is 8.42 Å². The van der Waals surface area contributed by atoms with Crippen molar-refractivity contribution in [3.8, 4) is 0 Å². The van der Waals surface area contributed by atoms with Gasteiger partial charge in [-0.05, 0) is 39.3 Å². The maximum absolute atomic E-state index is 12.9. The first-order chi connectivity index (χ1) is 13.6. The van der Waals surface area contributed by atoms with Crippen LogP contribution in [-0.2, 0) is 21.2 Å². The van der Waals surface area contributed by atoms with Gasteiger partial charge in [-0.3, -0.25) is 9.48 Å². The second kappa shape index (κ2) is 8.28. The number of carbonyl (C=O) groups excluding carboxylic acids is 1. The molecule has 1 fully saturated rings. The molecule has 158 valence electrons. The maximum atomic E-state index is 12.9. The van der Waals surface area contributed by atoms with Gasteiger partial charge in [0.2, 0.25) is 0 Å². The summed E-state index contributed by atoms with van der Waals surface area (Å²) in [5.74, 6) is 0.445. The van der Waals surface area contributed by atoms with Gasteiger partial charge in [0.1, 0.15) is 6.54 Å². The van der Waals surface area contributed by atoms with E-state index in [1.807, 2.05) is 62.8 Å². The summed E-state index contributed by atoms with van der Waals surface area (Å²) in [7, 11) is 0.850. The largest absolute Gasteiger partial charge is 0.324 e. The first-order valence-electron chi connectivity index (χ1n) is 10.0. The number of aryl methyl sites for hydroxylation is 1. The second-order valence-corrected chi connectivity index (χ2v) is 10.4. The quantitative estimate of drug-likeness (QED) is 0.756. The number of nitrogens with one attached hydrogen (secondary N) is 1. The molecule has 1 aliphatic heterocycles. The van der Waals surface area contributed by atoms with Crippen LogP contribution in [0.25, 0.3) is 0 Å². The molecule has 2 heterocycles. The van der Waals surface area contributed by atoms with Crippen LogP contribution in [0.5, 0.6) is 0 Å². The van der Waals surface area contributed by atoms with Crippen molar-refractivity contribution in [2.45, 2.75) is 45.8 Å². The van der Waals surface area contributed by atoms with Crippen molar-refractivity contribution in [1.29, 1.82) is 0 Å². The number of para-hydroxylation sites is 1. The Kier molecular flexibility index (Phi) is 6.14. The zero-order valence-corrected chi connectivity index (χ0v) is 18.7. The summed E-state index contributed by atoms with van der Waals surface area (Å²) < 4.78 is 25.6. The minimum absolute atomic E-state index is 0.0540. The number of hydrogen-bond acceptors (Lipinski definition) is 4. The smallest absolute Gasteiger partial charge is 0.284 e. The Bertz CT molecular complexity index is 985. The Morgan fingerprint density at radius 3 is 2.55 bits per heavy atom. The van der Waals surface area contributed by atoms with Crippen LogP contribution in [-0.4, -0.2) is 55.7 Å². The van der Waals surface area contributed by atoms with E-state index in [0.29, 0.717) is 13.0 Å². The number of hydrogen-bond donors (Lipinski definition) is 1. The third-order valence-electron chi connectivity index (χ3n) is 6.07. The number of nitrogens with zero attached hydrogens (tertiary/aromatic N) is 3. The van der Waals surface area contributed by atoms with Crippen molar-refractivity contribution >= 4 is 21.4 Å². The molecular weight excluding hydrogens is 388 g/mol. The molecule has 1 aliphatic rings. The van der Waals surface area contributed by atoms with Gasteiger partial charge in [0.25, 0.3) is 5.91 Å². The van der Waals surface area contributed by atoms with Crippen LogP contribution in [0.3, 0.4) is 0 Å². The van der Waals surface area contributed by atoms with Gasteiger partial charge in [-0.2, -0.15) is 5.10 Å². The molecule has 0 spiro atoms. The monoisotopic (exact) mass is 419 g/mol. The predicted octanol–water partition coefficient (Wildman–Crippen LogP) is 0.926. The third-order valence-corrected chi connectivity index (χ3v) is 7.82. The van der Waals surface area contributed by atoms with E-state index in [-0.39, 0.29) is 29.5 Å². The molecule has 7 nitrogen and oxygen atoms in total. The van der Waals surface area contributed by atoms with E-state index >= 15 is 0 Å². The number of amides is 1. The van der Waals surface area contributed by atoms with Crippen LogP contribution >= 0.6 is 0 Å². The van der Waals surface area contributed by atoms with Crippen molar-refractivity contribution in [3.05, 3.63) is 47.3 Å². The van der Waals surface area contributed by atoms with E-state index in [1.54, 1.807) is 11.9 Å². The topological polar surface area (TPSA) is 76.7 Å². The third kappa shape index (κ3) is 4.53. The molecule has 1 aromatic heterocycles. The maximum Gasteiger partial charge on any atom is 0.284 e. The number of likely N-dealkylation sites (N-methyl/N-ethyl adjacent to an activating group) is 2. The summed E-state index contributed by atoms with van der Waals surface area (Å²) in [4.78, 5) is 15.7. The lowest BCUT2D eigenvalue weighted by Crippen LogP contribution is -3.12. The zero-order valence-electron chi connectivity index (χ0n) is 17.8. The van der Waals surface area contributed by atoms with Gasteiger partial charge < -0.3 is 9.80 Å². The van der Waals surface area contributed by atoms with Crippen LogP contribution in [0, 0.1) is 13.8 Å². The molecule has 2 aromatic rings. The van der Waals surface area contributed by atoms with E-state index in [4.69, 9.17) is 0 Å². The SMILES string of the molecule is Cc1nn([C@H]2CCS(=O)(=O)C2)c(C)c1C[NH+](C)[C@@H](C)C(=O)N(C)c1ccccc1. The zero-order chi connectivity index (χ0) is 21.3. The van der Waals surface area contributed by atoms with Gasteiger partial charge in [-0.15, -0.1) is 0 Å². The first-order valence-corrected chi connectivity index (χ1v) is 11.8. The van der Waals surface area contributed by atoms with Crippen LogP contribution in [0.4, 0.5) is 5.69 Å². The number of benzene rings is 1. The molecule has 0 bridgehead atoms. The number of sulfone groups is 1. The normalized spacial score (nSPS) is 20.4. The number of quaternary nitrogens is 1. The molecule has 3 atom stereocenters. The molecule has 1 amide bonds. The fraction of sp³-hybridized carbons (Fsp3) is 0.524.